The van der Waals surface area contributed by atoms with Gasteiger partial charge in [-0.05, 0) is 47.4 Å². The van der Waals surface area contributed by atoms with Crippen molar-refractivity contribution in [2.75, 3.05) is 6.54 Å². The number of urea groups is 1. The number of rotatable bonds is 10. The second kappa shape index (κ2) is 11.4. The van der Waals surface area contributed by atoms with Gasteiger partial charge in [0.2, 0.25) is 0 Å². The summed E-state index contributed by atoms with van der Waals surface area (Å²) in [5.41, 5.74) is -0.767. The first-order valence-electron chi connectivity index (χ1n) is 11.1. The summed E-state index contributed by atoms with van der Waals surface area (Å²) >= 11 is 0. The molecule has 3 rings (SSSR count). The lowest BCUT2D eigenvalue weighted by atomic mass is 9.77. The predicted octanol–water partition coefficient (Wildman–Crippen LogP) is 6.40. The van der Waals surface area contributed by atoms with E-state index in [0.29, 0.717) is 24.6 Å². The highest BCUT2D eigenvalue weighted by atomic mass is 19.3. The van der Waals surface area contributed by atoms with Gasteiger partial charge in [0, 0.05) is 19.0 Å². The van der Waals surface area contributed by atoms with Crippen LogP contribution in [0.25, 0.3) is 0 Å². The van der Waals surface area contributed by atoms with Crippen LogP contribution in [0.5, 0.6) is 5.75 Å². The van der Waals surface area contributed by atoms with E-state index in [2.05, 4.69) is 15.4 Å². The number of nitrogens with one attached hydrogen (secondary N) is 2. The number of hydrogen-bond donors (Lipinski definition) is 2. The van der Waals surface area contributed by atoms with Crippen molar-refractivity contribution in [3.05, 3.63) is 101 Å². The van der Waals surface area contributed by atoms with Gasteiger partial charge in [-0.3, -0.25) is 0 Å². The summed E-state index contributed by atoms with van der Waals surface area (Å²) in [6, 6.07) is 15.4. The van der Waals surface area contributed by atoms with E-state index in [-0.39, 0.29) is 17.5 Å². The molecule has 0 radical (unpaired) electrons. The van der Waals surface area contributed by atoms with Gasteiger partial charge >= 0.3 is 18.6 Å². The zero-order chi connectivity index (χ0) is 26.3. The molecule has 2 N–H and O–H groups in total. The Morgan fingerprint density at radius 1 is 0.917 bits per heavy atom. The van der Waals surface area contributed by atoms with E-state index in [1.807, 2.05) is 6.92 Å². The van der Waals surface area contributed by atoms with E-state index in [1.165, 1.54) is 12.1 Å². The van der Waals surface area contributed by atoms with Crippen molar-refractivity contribution in [2.24, 2.45) is 0 Å². The smallest absolute Gasteiger partial charge is 0.428 e. The van der Waals surface area contributed by atoms with Crippen molar-refractivity contribution in [2.45, 2.75) is 37.8 Å². The van der Waals surface area contributed by atoms with Crippen LogP contribution in [-0.4, -0.2) is 25.1 Å². The van der Waals surface area contributed by atoms with Crippen LogP contribution < -0.4 is 15.4 Å². The third-order valence-electron chi connectivity index (χ3n) is 5.38. The number of benzene rings is 3. The first kappa shape index (κ1) is 26.9. The molecule has 0 fully saturated rings. The van der Waals surface area contributed by atoms with Crippen molar-refractivity contribution in [3.8, 4) is 5.75 Å². The minimum absolute atomic E-state index is 0.0207. The SMILES string of the molecule is CCCNC(=O)N[C@](Cc1ccccc1)(c1ccc(F)cc1)c1cc(F)cc(OC(F)(F)C(F)F)c1. The van der Waals surface area contributed by atoms with Gasteiger partial charge in [0.1, 0.15) is 17.4 Å². The lowest BCUT2D eigenvalue weighted by Gasteiger charge is -2.37. The fourth-order valence-electron chi connectivity index (χ4n) is 3.74. The zero-order valence-corrected chi connectivity index (χ0v) is 19.2. The topological polar surface area (TPSA) is 50.4 Å². The van der Waals surface area contributed by atoms with Gasteiger partial charge in [0.05, 0.1) is 5.54 Å². The Kier molecular flexibility index (Phi) is 8.49. The zero-order valence-electron chi connectivity index (χ0n) is 19.2. The predicted molar refractivity (Wildman–Crippen MR) is 122 cm³/mol. The molecule has 0 saturated heterocycles. The van der Waals surface area contributed by atoms with Gasteiger partial charge in [-0.1, -0.05) is 49.4 Å². The summed E-state index contributed by atoms with van der Waals surface area (Å²) in [5.74, 6) is -2.52. The second-order valence-electron chi connectivity index (χ2n) is 8.10. The number of ether oxygens (including phenoxy) is 1. The molecular weight excluding hydrogens is 486 g/mol. The second-order valence-corrected chi connectivity index (χ2v) is 8.10. The molecule has 10 heteroatoms. The minimum Gasteiger partial charge on any atom is -0.428 e. The Hall–Kier alpha value is -3.69. The van der Waals surface area contributed by atoms with Crippen molar-refractivity contribution in [1.82, 2.24) is 10.6 Å². The summed E-state index contributed by atoms with van der Waals surface area (Å²) in [7, 11) is 0. The number of hydrogen-bond acceptors (Lipinski definition) is 2. The summed E-state index contributed by atoms with van der Waals surface area (Å²) in [4.78, 5) is 12.9. The molecule has 1 atom stereocenters. The monoisotopic (exact) mass is 510 g/mol. The Morgan fingerprint density at radius 2 is 1.58 bits per heavy atom. The fourth-order valence-corrected chi connectivity index (χ4v) is 3.74. The summed E-state index contributed by atoms with van der Waals surface area (Å²) in [6.07, 6.45) is -8.45. The maximum atomic E-state index is 14.7. The van der Waals surface area contributed by atoms with E-state index in [1.54, 1.807) is 30.3 Å². The number of alkyl halides is 4. The van der Waals surface area contributed by atoms with Crippen molar-refractivity contribution >= 4 is 6.03 Å². The molecule has 3 aromatic carbocycles. The number of carbonyl (C=O) groups is 1. The standard InChI is InChI=1S/C26H24F6N2O2/c1-2-12-33-24(35)34-25(16-17-6-4-3-5-7-17,18-8-10-20(27)11-9-18)19-13-21(28)15-22(14-19)36-26(31,32)23(29)30/h3-11,13-15,23H,2,12,16H2,1H3,(H2,33,34,35)/t25-/m1/s1. The average Bonchev–Trinajstić information content (AvgIpc) is 2.82. The summed E-state index contributed by atoms with van der Waals surface area (Å²) in [6.45, 7) is 2.13. The lowest BCUT2D eigenvalue weighted by Crippen LogP contribution is -2.52. The maximum absolute atomic E-state index is 14.7. The van der Waals surface area contributed by atoms with Crippen LogP contribution in [0.1, 0.15) is 30.0 Å². The molecule has 0 aliphatic rings. The minimum atomic E-state index is -4.88. The number of carbonyl (C=O) groups excluding carboxylic acids is 1. The van der Waals surface area contributed by atoms with E-state index in [9.17, 15) is 31.1 Å². The number of amides is 2. The lowest BCUT2D eigenvalue weighted by molar-refractivity contribution is -0.253. The normalized spacial score (nSPS) is 13.2. The molecule has 4 nitrogen and oxygen atoms in total. The van der Waals surface area contributed by atoms with Crippen LogP contribution in [0.15, 0.2) is 72.8 Å². The Balaban J connectivity index is 2.23. The first-order valence-corrected chi connectivity index (χ1v) is 11.1. The first-order chi connectivity index (χ1) is 17.1. The van der Waals surface area contributed by atoms with Gasteiger partial charge in [0.25, 0.3) is 0 Å². The molecular formula is C26H24F6N2O2. The molecule has 0 spiro atoms. The van der Waals surface area contributed by atoms with Gasteiger partial charge in [-0.15, -0.1) is 0 Å². The van der Waals surface area contributed by atoms with Crippen molar-refractivity contribution < 1.29 is 35.9 Å². The highest BCUT2D eigenvalue weighted by Crippen LogP contribution is 2.37. The van der Waals surface area contributed by atoms with Crippen LogP contribution in [-0.2, 0) is 12.0 Å². The quantitative estimate of drug-likeness (QED) is 0.310. The molecule has 3 aromatic rings. The molecule has 0 saturated carbocycles. The molecule has 36 heavy (non-hydrogen) atoms. The van der Waals surface area contributed by atoms with Gasteiger partial charge in [-0.2, -0.15) is 17.6 Å². The molecule has 0 aliphatic heterocycles. The third-order valence-corrected chi connectivity index (χ3v) is 5.38. The third kappa shape index (κ3) is 6.50. The Morgan fingerprint density at radius 3 is 2.19 bits per heavy atom. The largest absolute Gasteiger partial charge is 0.461 e. The molecule has 2 amide bonds. The van der Waals surface area contributed by atoms with Crippen LogP contribution >= 0.6 is 0 Å². The highest BCUT2D eigenvalue weighted by molar-refractivity contribution is 5.76. The Bertz CT molecular complexity index is 1160. The van der Waals surface area contributed by atoms with Gasteiger partial charge < -0.3 is 15.4 Å². The van der Waals surface area contributed by atoms with Crippen LogP contribution in [0, 0.1) is 11.6 Å². The maximum Gasteiger partial charge on any atom is 0.461 e. The highest BCUT2D eigenvalue weighted by Gasteiger charge is 2.45. The molecule has 0 aromatic heterocycles. The Labute approximate surface area is 204 Å². The van der Waals surface area contributed by atoms with E-state index >= 15 is 0 Å². The molecule has 0 aliphatic carbocycles. The van der Waals surface area contributed by atoms with E-state index in [4.69, 9.17) is 0 Å². The fraction of sp³-hybridized carbons (Fsp3) is 0.269. The van der Waals surface area contributed by atoms with E-state index < -0.39 is 41.5 Å². The van der Waals surface area contributed by atoms with Crippen LogP contribution in [0.4, 0.5) is 31.1 Å². The van der Waals surface area contributed by atoms with Crippen LogP contribution in [0.2, 0.25) is 0 Å². The van der Waals surface area contributed by atoms with Crippen LogP contribution in [0.3, 0.4) is 0 Å². The molecule has 0 heterocycles. The summed E-state index contributed by atoms with van der Waals surface area (Å²) in [5, 5.41) is 5.41. The molecule has 0 bridgehead atoms. The summed E-state index contributed by atoms with van der Waals surface area (Å²) < 4.78 is 85.4. The average molecular weight is 510 g/mol. The molecule has 192 valence electrons. The van der Waals surface area contributed by atoms with Crippen molar-refractivity contribution in [3.63, 3.8) is 0 Å². The molecule has 0 unspecified atom stereocenters. The van der Waals surface area contributed by atoms with Gasteiger partial charge in [-0.25, -0.2) is 13.6 Å². The van der Waals surface area contributed by atoms with Gasteiger partial charge in [0.15, 0.2) is 0 Å². The van der Waals surface area contributed by atoms with E-state index in [0.717, 1.165) is 24.3 Å². The number of halogens is 6. The van der Waals surface area contributed by atoms with Crippen molar-refractivity contribution in [1.29, 1.82) is 0 Å².